The number of sulfonamides is 1. The fourth-order valence-electron chi connectivity index (χ4n) is 4.70. The molecule has 1 aliphatic carbocycles. The van der Waals surface area contributed by atoms with Gasteiger partial charge in [0.15, 0.2) is 0 Å². The fourth-order valence-corrected chi connectivity index (χ4v) is 6.88. The normalized spacial score (nSPS) is 14.5. The van der Waals surface area contributed by atoms with E-state index >= 15 is 0 Å². The summed E-state index contributed by atoms with van der Waals surface area (Å²) in [6, 6.07) is 16.0. The molecule has 0 aliphatic heterocycles. The van der Waals surface area contributed by atoms with Crippen LogP contribution in [0.15, 0.2) is 71.6 Å². The van der Waals surface area contributed by atoms with E-state index in [2.05, 4.69) is 5.32 Å². The predicted molar refractivity (Wildman–Crippen MR) is 164 cm³/mol. The van der Waals surface area contributed by atoms with E-state index in [4.69, 9.17) is 46.4 Å². The Bertz CT molecular complexity index is 1520. The van der Waals surface area contributed by atoms with E-state index in [0.717, 1.165) is 30.0 Å². The number of anilines is 1. The van der Waals surface area contributed by atoms with Crippen molar-refractivity contribution in [2.45, 2.75) is 56.1 Å². The van der Waals surface area contributed by atoms with E-state index in [1.165, 1.54) is 35.2 Å². The van der Waals surface area contributed by atoms with Crippen molar-refractivity contribution in [1.82, 2.24) is 10.2 Å². The number of nitrogens with one attached hydrogen (secondary N) is 1. The van der Waals surface area contributed by atoms with Crippen LogP contribution in [0.2, 0.25) is 20.1 Å². The molecule has 41 heavy (non-hydrogen) atoms. The van der Waals surface area contributed by atoms with Crippen LogP contribution in [-0.4, -0.2) is 43.8 Å². The van der Waals surface area contributed by atoms with E-state index in [-0.39, 0.29) is 39.1 Å². The third-order valence-electron chi connectivity index (χ3n) is 7.03. The molecule has 7 nitrogen and oxygen atoms in total. The molecule has 0 saturated heterocycles. The summed E-state index contributed by atoms with van der Waals surface area (Å²) in [5.74, 6) is -0.946. The topological polar surface area (TPSA) is 86.8 Å². The Morgan fingerprint density at radius 2 is 1.59 bits per heavy atom. The van der Waals surface area contributed by atoms with Gasteiger partial charge in [0.25, 0.3) is 10.0 Å². The summed E-state index contributed by atoms with van der Waals surface area (Å²) in [5, 5.41) is 4.12. The number of carbonyl (C=O) groups excluding carboxylic acids is 2. The monoisotopic (exact) mass is 655 g/mol. The van der Waals surface area contributed by atoms with Gasteiger partial charge in [0.2, 0.25) is 11.8 Å². The van der Waals surface area contributed by atoms with Crippen molar-refractivity contribution in [3.05, 3.63) is 92.4 Å². The average molecular weight is 657 g/mol. The van der Waals surface area contributed by atoms with Gasteiger partial charge in [0.05, 0.1) is 20.6 Å². The molecular formula is C29H29Cl4N3O4S. The maximum absolute atomic E-state index is 14.0. The Morgan fingerprint density at radius 1 is 0.902 bits per heavy atom. The van der Waals surface area contributed by atoms with Crippen LogP contribution in [0.3, 0.4) is 0 Å². The average Bonchev–Trinajstić information content (AvgIpc) is 3.46. The molecule has 2 amide bonds. The van der Waals surface area contributed by atoms with Crippen LogP contribution in [0.25, 0.3) is 0 Å². The lowest BCUT2D eigenvalue weighted by molar-refractivity contribution is -0.139. The van der Waals surface area contributed by atoms with Gasteiger partial charge in [-0.2, -0.15) is 0 Å². The van der Waals surface area contributed by atoms with Crippen molar-refractivity contribution in [3.8, 4) is 0 Å². The maximum Gasteiger partial charge on any atom is 0.264 e. The number of hydrogen-bond donors (Lipinski definition) is 1. The van der Waals surface area contributed by atoms with E-state index in [1.807, 2.05) is 0 Å². The predicted octanol–water partition coefficient (Wildman–Crippen LogP) is 6.97. The Labute approximate surface area is 260 Å². The molecule has 218 valence electrons. The van der Waals surface area contributed by atoms with Crippen LogP contribution in [-0.2, 0) is 26.2 Å². The van der Waals surface area contributed by atoms with Gasteiger partial charge in [0.1, 0.15) is 12.6 Å². The van der Waals surface area contributed by atoms with Crippen LogP contribution in [0.4, 0.5) is 5.69 Å². The molecule has 0 heterocycles. The number of carbonyl (C=O) groups is 2. The fraction of sp³-hybridized carbons (Fsp3) is 0.310. The lowest BCUT2D eigenvalue weighted by atomic mass is 10.1. The van der Waals surface area contributed by atoms with Crippen molar-refractivity contribution in [2.75, 3.05) is 10.8 Å². The van der Waals surface area contributed by atoms with E-state index in [0.29, 0.717) is 15.6 Å². The lowest BCUT2D eigenvalue weighted by Crippen LogP contribution is -2.52. The number of hydrogen-bond acceptors (Lipinski definition) is 4. The minimum atomic E-state index is -4.22. The zero-order chi connectivity index (χ0) is 29.7. The van der Waals surface area contributed by atoms with E-state index < -0.39 is 28.5 Å². The van der Waals surface area contributed by atoms with Gasteiger partial charge < -0.3 is 10.2 Å². The molecular weight excluding hydrogens is 628 g/mol. The van der Waals surface area contributed by atoms with Gasteiger partial charge in [0, 0.05) is 22.6 Å². The van der Waals surface area contributed by atoms with Gasteiger partial charge in [-0.05, 0) is 67.8 Å². The van der Waals surface area contributed by atoms with E-state index in [1.54, 1.807) is 43.3 Å². The molecule has 3 aromatic rings. The highest BCUT2D eigenvalue weighted by Gasteiger charge is 2.33. The number of nitrogens with zero attached hydrogens (tertiary/aromatic N) is 2. The Hall–Kier alpha value is -2.49. The minimum absolute atomic E-state index is 0.0156. The van der Waals surface area contributed by atoms with Crippen LogP contribution in [0.1, 0.15) is 38.2 Å². The molecule has 1 saturated carbocycles. The zero-order valence-electron chi connectivity index (χ0n) is 22.2. The van der Waals surface area contributed by atoms with Gasteiger partial charge in [-0.3, -0.25) is 13.9 Å². The molecule has 12 heteroatoms. The first-order chi connectivity index (χ1) is 19.5. The lowest BCUT2D eigenvalue weighted by Gasteiger charge is -2.32. The van der Waals surface area contributed by atoms with Crippen molar-refractivity contribution in [3.63, 3.8) is 0 Å². The molecule has 1 atom stereocenters. The molecule has 0 aromatic heterocycles. The summed E-state index contributed by atoms with van der Waals surface area (Å²) in [4.78, 5) is 28.6. The summed E-state index contributed by atoms with van der Waals surface area (Å²) >= 11 is 24.8. The molecule has 1 N–H and O–H groups in total. The molecule has 0 spiro atoms. The second-order valence-corrected chi connectivity index (χ2v) is 13.4. The second-order valence-electron chi connectivity index (χ2n) is 9.85. The Morgan fingerprint density at radius 3 is 2.22 bits per heavy atom. The molecule has 1 unspecified atom stereocenters. The first-order valence-corrected chi connectivity index (χ1v) is 16.0. The molecule has 1 aliphatic rings. The Balaban J connectivity index is 1.71. The largest absolute Gasteiger partial charge is 0.352 e. The van der Waals surface area contributed by atoms with Gasteiger partial charge in [-0.25, -0.2) is 8.42 Å². The summed E-state index contributed by atoms with van der Waals surface area (Å²) in [6.45, 7) is 0.956. The smallest absolute Gasteiger partial charge is 0.264 e. The van der Waals surface area contributed by atoms with Crippen molar-refractivity contribution < 1.29 is 18.0 Å². The summed E-state index contributed by atoms with van der Waals surface area (Å²) in [6.07, 6.45) is 3.79. The van der Waals surface area contributed by atoms with Crippen LogP contribution >= 0.6 is 46.4 Å². The van der Waals surface area contributed by atoms with Crippen molar-refractivity contribution in [1.29, 1.82) is 0 Å². The first kappa shape index (κ1) is 31.4. The third kappa shape index (κ3) is 7.67. The molecule has 1 fully saturated rings. The van der Waals surface area contributed by atoms with Gasteiger partial charge in [-0.1, -0.05) is 83.5 Å². The minimum Gasteiger partial charge on any atom is -0.352 e. The molecule has 3 aromatic carbocycles. The summed E-state index contributed by atoms with van der Waals surface area (Å²) < 4.78 is 28.6. The molecule has 4 rings (SSSR count). The highest BCUT2D eigenvalue weighted by atomic mass is 35.5. The van der Waals surface area contributed by atoms with Crippen LogP contribution < -0.4 is 9.62 Å². The van der Waals surface area contributed by atoms with Crippen molar-refractivity contribution >= 4 is 73.9 Å². The second kappa shape index (κ2) is 13.7. The zero-order valence-corrected chi connectivity index (χ0v) is 26.0. The highest BCUT2D eigenvalue weighted by Crippen LogP contribution is 2.31. The molecule has 0 radical (unpaired) electrons. The highest BCUT2D eigenvalue weighted by molar-refractivity contribution is 7.92. The quantitative estimate of drug-likeness (QED) is 0.255. The summed E-state index contributed by atoms with van der Waals surface area (Å²) in [7, 11) is -4.22. The Kier molecular flexibility index (Phi) is 10.5. The maximum atomic E-state index is 14.0. The number of amides is 2. The van der Waals surface area contributed by atoms with Gasteiger partial charge in [-0.15, -0.1) is 0 Å². The number of benzene rings is 3. The standard InChI is InChI=1S/C29H29Cl4N3O4S/c1-19(29(38)34-22-7-5-6-8-22)35(17-20-11-12-21(30)15-26(20)32)28(37)18-36(23-13-14-25(31)27(33)16-23)41(39,40)24-9-3-2-4-10-24/h2-4,9-16,19,22H,5-8,17-18H2,1H3,(H,34,38). The first-order valence-electron chi connectivity index (χ1n) is 13.0. The number of rotatable bonds is 10. The van der Waals surface area contributed by atoms with Crippen LogP contribution in [0, 0.1) is 0 Å². The number of halogens is 4. The van der Waals surface area contributed by atoms with E-state index in [9.17, 15) is 18.0 Å². The van der Waals surface area contributed by atoms with Crippen molar-refractivity contribution in [2.24, 2.45) is 0 Å². The third-order valence-corrected chi connectivity index (χ3v) is 10.1. The SMILES string of the molecule is CC(C(=O)NC1CCCC1)N(Cc1ccc(Cl)cc1Cl)C(=O)CN(c1ccc(Cl)c(Cl)c1)S(=O)(=O)c1ccccc1. The van der Waals surface area contributed by atoms with Crippen LogP contribution in [0.5, 0.6) is 0 Å². The van der Waals surface area contributed by atoms with Gasteiger partial charge >= 0.3 is 0 Å². The summed E-state index contributed by atoms with van der Waals surface area (Å²) in [5.41, 5.74) is 0.695. The molecule has 0 bridgehead atoms.